The number of carbonyl (C=O) groups excluding carboxylic acids is 2. The van der Waals surface area contributed by atoms with Crippen LogP contribution in [0.25, 0.3) is 0 Å². The molecule has 1 aliphatic rings. The summed E-state index contributed by atoms with van der Waals surface area (Å²) in [6, 6.07) is -0.797. The van der Waals surface area contributed by atoms with Crippen molar-refractivity contribution in [1.29, 1.82) is 0 Å². The van der Waals surface area contributed by atoms with Crippen molar-refractivity contribution in [3.8, 4) is 0 Å². The summed E-state index contributed by atoms with van der Waals surface area (Å²) < 4.78 is 0. The molecular weight excluding hydrogens is 286 g/mol. The Labute approximate surface area is 129 Å². The van der Waals surface area contributed by atoms with Crippen molar-refractivity contribution >= 4 is 23.2 Å². The fourth-order valence-corrected chi connectivity index (χ4v) is 3.31. The molecule has 21 heavy (non-hydrogen) atoms. The van der Waals surface area contributed by atoms with E-state index >= 15 is 0 Å². The lowest BCUT2D eigenvalue weighted by Gasteiger charge is -2.42. The topological polar surface area (TPSA) is 62.3 Å². The van der Waals surface area contributed by atoms with Crippen molar-refractivity contribution < 1.29 is 9.59 Å². The van der Waals surface area contributed by atoms with Gasteiger partial charge in [0.2, 0.25) is 11.8 Å². The van der Waals surface area contributed by atoms with Gasteiger partial charge in [-0.1, -0.05) is 27.7 Å². The minimum Gasteiger partial charge on any atom is -0.342 e. The van der Waals surface area contributed by atoms with Crippen LogP contribution in [-0.4, -0.2) is 40.3 Å². The van der Waals surface area contributed by atoms with Gasteiger partial charge < -0.3 is 10.2 Å². The lowest BCUT2D eigenvalue weighted by molar-refractivity contribution is -0.152. The van der Waals surface area contributed by atoms with Crippen molar-refractivity contribution in [2.24, 2.45) is 11.8 Å². The quantitative estimate of drug-likeness (QED) is 0.900. The number of nitrogens with zero attached hydrogens (tertiary/aromatic N) is 2. The monoisotopic (exact) mass is 309 g/mol. The van der Waals surface area contributed by atoms with Gasteiger partial charge in [-0.2, -0.15) is 0 Å². The van der Waals surface area contributed by atoms with Crippen molar-refractivity contribution in [3.63, 3.8) is 0 Å². The van der Waals surface area contributed by atoms with E-state index < -0.39 is 6.04 Å². The zero-order valence-corrected chi connectivity index (χ0v) is 13.8. The first-order valence-corrected chi connectivity index (χ1v) is 8.34. The van der Waals surface area contributed by atoms with Crippen LogP contribution in [0.15, 0.2) is 10.9 Å². The molecule has 1 fully saturated rings. The average Bonchev–Trinajstić information content (AvgIpc) is 2.91. The predicted octanol–water partition coefficient (Wildman–Crippen LogP) is 1.69. The highest BCUT2D eigenvalue weighted by atomic mass is 32.1. The van der Waals surface area contributed by atoms with E-state index in [0.29, 0.717) is 13.0 Å². The van der Waals surface area contributed by atoms with Crippen LogP contribution in [0.5, 0.6) is 0 Å². The minimum atomic E-state index is -0.414. The molecule has 0 radical (unpaired) electrons. The van der Waals surface area contributed by atoms with Crippen LogP contribution in [-0.2, 0) is 16.0 Å². The van der Waals surface area contributed by atoms with Gasteiger partial charge in [0.1, 0.15) is 12.1 Å². The molecule has 1 saturated heterocycles. The smallest absolute Gasteiger partial charge is 0.246 e. The molecule has 0 aromatic carbocycles. The Morgan fingerprint density at radius 1 is 1.29 bits per heavy atom. The SMILES string of the molecule is CC(C)C1NC(=O)C(C(C)C)N(CCc2cscn2)C1=O. The fourth-order valence-electron chi connectivity index (χ4n) is 2.72. The number of thiazole rings is 1. The van der Waals surface area contributed by atoms with Crippen LogP contribution in [0.4, 0.5) is 0 Å². The van der Waals surface area contributed by atoms with Gasteiger partial charge >= 0.3 is 0 Å². The number of hydrogen-bond acceptors (Lipinski definition) is 4. The van der Waals surface area contributed by atoms with E-state index in [4.69, 9.17) is 0 Å². The minimum absolute atomic E-state index is 0.0264. The first-order chi connectivity index (χ1) is 9.91. The second kappa shape index (κ2) is 6.56. The lowest BCUT2D eigenvalue weighted by atomic mass is 9.92. The maximum atomic E-state index is 12.7. The number of amides is 2. The van der Waals surface area contributed by atoms with Gasteiger partial charge in [0.05, 0.1) is 11.2 Å². The summed E-state index contributed by atoms with van der Waals surface area (Å²) >= 11 is 1.55. The van der Waals surface area contributed by atoms with Crippen LogP contribution in [0.1, 0.15) is 33.4 Å². The van der Waals surface area contributed by atoms with Crippen molar-refractivity contribution in [3.05, 3.63) is 16.6 Å². The number of rotatable bonds is 5. The standard InChI is InChI=1S/C15H23N3O2S/c1-9(2)12-15(20)18(6-5-11-7-21-8-16-11)13(10(3)4)14(19)17-12/h7-10,12-13H,5-6H2,1-4H3,(H,17,19). The molecule has 6 heteroatoms. The molecule has 1 aromatic rings. The summed E-state index contributed by atoms with van der Waals surface area (Å²) in [5.41, 5.74) is 2.76. The molecule has 2 heterocycles. The molecule has 2 amide bonds. The number of nitrogens with one attached hydrogen (secondary N) is 1. The zero-order valence-electron chi connectivity index (χ0n) is 13.0. The van der Waals surface area contributed by atoms with E-state index in [1.54, 1.807) is 21.7 Å². The van der Waals surface area contributed by atoms with Gasteiger partial charge in [-0.05, 0) is 11.8 Å². The molecule has 2 rings (SSSR count). The third kappa shape index (κ3) is 3.43. The maximum absolute atomic E-state index is 12.7. The maximum Gasteiger partial charge on any atom is 0.246 e. The molecular formula is C15H23N3O2S. The van der Waals surface area contributed by atoms with E-state index in [0.717, 1.165) is 5.69 Å². The largest absolute Gasteiger partial charge is 0.342 e. The molecule has 0 saturated carbocycles. The Bertz CT molecular complexity index is 499. The van der Waals surface area contributed by atoms with E-state index in [9.17, 15) is 9.59 Å². The number of carbonyl (C=O) groups is 2. The van der Waals surface area contributed by atoms with Crippen molar-refractivity contribution in [2.75, 3.05) is 6.54 Å². The Morgan fingerprint density at radius 3 is 2.52 bits per heavy atom. The Hall–Kier alpha value is -1.43. The Balaban J connectivity index is 2.17. The van der Waals surface area contributed by atoms with Crippen LogP contribution < -0.4 is 5.32 Å². The van der Waals surface area contributed by atoms with Crippen molar-refractivity contribution in [2.45, 2.75) is 46.2 Å². The molecule has 2 unspecified atom stereocenters. The average molecular weight is 309 g/mol. The second-order valence-electron chi connectivity index (χ2n) is 6.18. The molecule has 1 N–H and O–H groups in total. The summed E-state index contributed by atoms with van der Waals surface area (Å²) in [7, 11) is 0. The van der Waals surface area contributed by atoms with E-state index in [2.05, 4.69) is 10.3 Å². The number of piperazine rings is 1. The third-order valence-electron chi connectivity index (χ3n) is 3.84. The van der Waals surface area contributed by atoms with Gasteiger partial charge in [0, 0.05) is 18.3 Å². The lowest BCUT2D eigenvalue weighted by Crippen LogP contribution is -2.66. The summed E-state index contributed by atoms with van der Waals surface area (Å²) in [5, 5.41) is 4.86. The predicted molar refractivity (Wildman–Crippen MR) is 82.9 cm³/mol. The van der Waals surface area contributed by atoms with Gasteiger partial charge in [0.25, 0.3) is 0 Å². The highest BCUT2D eigenvalue weighted by Crippen LogP contribution is 2.21. The number of hydrogen-bond donors (Lipinski definition) is 1. The fraction of sp³-hybridized carbons (Fsp3) is 0.667. The van der Waals surface area contributed by atoms with Crippen LogP contribution >= 0.6 is 11.3 Å². The van der Waals surface area contributed by atoms with Crippen LogP contribution in [0.2, 0.25) is 0 Å². The first-order valence-electron chi connectivity index (χ1n) is 7.39. The van der Waals surface area contributed by atoms with E-state index in [-0.39, 0.29) is 29.7 Å². The molecule has 0 aliphatic carbocycles. The third-order valence-corrected chi connectivity index (χ3v) is 4.48. The zero-order chi connectivity index (χ0) is 15.6. The summed E-state index contributed by atoms with van der Waals surface area (Å²) in [6.45, 7) is 8.41. The normalized spacial score (nSPS) is 23.0. The highest BCUT2D eigenvalue weighted by Gasteiger charge is 2.42. The van der Waals surface area contributed by atoms with Gasteiger partial charge in [0.15, 0.2) is 0 Å². The molecule has 2 atom stereocenters. The summed E-state index contributed by atoms with van der Waals surface area (Å²) in [5.74, 6) is 0.175. The van der Waals surface area contributed by atoms with E-state index in [1.807, 2.05) is 33.1 Å². The second-order valence-corrected chi connectivity index (χ2v) is 6.90. The van der Waals surface area contributed by atoms with Gasteiger partial charge in [-0.25, -0.2) is 4.98 Å². The van der Waals surface area contributed by atoms with Crippen LogP contribution in [0, 0.1) is 11.8 Å². The molecule has 116 valence electrons. The highest BCUT2D eigenvalue weighted by molar-refractivity contribution is 7.07. The van der Waals surface area contributed by atoms with Gasteiger partial charge in [-0.3, -0.25) is 9.59 Å². The van der Waals surface area contributed by atoms with E-state index in [1.165, 1.54) is 0 Å². The van der Waals surface area contributed by atoms with Crippen LogP contribution in [0.3, 0.4) is 0 Å². The number of aromatic nitrogens is 1. The Kier molecular flexibility index (Phi) is 4.98. The molecule has 1 aliphatic heterocycles. The molecule has 0 bridgehead atoms. The first kappa shape index (κ1) is 15.9. The van der Waals surface area contributed by atoms with Crippen molar-refractivity contribution in [1.82, 2.24) is 15.2 Å². The molecule has 5 nitrogen and oxygen atoms in total. The summed E-state index contributed by atoms with van der Waals surface area (Å²) in [6.07, 6.45) is 0.691. The Morgan fingerprint density at radius 2 is 2.00 bits per heavy atom. The molecule has 0 spiro atoms. The van der Waals surface area contributed by atoms with Gasteiger partial charge in [-0.15, -0.1) is 11.3 Å². The molecule has 1 aromatic heterocycles. The summed E-state index contributed by atoms with van der Waals surface area (Å²) in [4.78, 5) is 31.0.